The molecule has 2 heterocycles. The first-order valence-corrected chi connectivity index (χ1v) is 21.0. The van der Waals surface area contributed by atoms with Gasteiger partial charge in [-0.15, -0.1) is 0 Å². The topological polar surface area (TPSA) is 32.2 Å². The molecule has 1 aliphatic carbocycles. The van der Waals surface area contributed by atoms with Crippen molar-refractivity contribution in [2.24, 2.45) is 0 Å². The first kappa shape index (κ1) is 34.9. The zero-order chi connectivity index (χ0) is 39.6. The Balaban J connectivity index is 1.07. The van der Waals surface area contributed by atoms with Crippen LogP contribution in [-0.2, 0) is 12.0 Å². The monoisotopic (exact) mass is 770 g/mol. The van der Waals surface area contributed by atoms with Gasteiger partial charge in [-0.05, 0) is 73.7 Å². The molecule has 0 spiro atoms. The number of rotatable bonds is 7. The molecular formula is C56H42N4. The van der Waals surface area contributed by atoms with Gasteiger partial charge >= 0.3 is 0 Å². The predicted molar refractivity (Wildman–Crippen MR) is 246 cm³/mol. The highest BCUT2D eigenvalue weighted by Gasteiger charge is 2.48. The van der Waals surface area contributed by atoms with Gasteiger partial charge < -0.3 is 4.57 Å². The highest BCUT2D eigenvalue weighted by molar-refractivity contribution is 6.26. The number of para-hydroxylation sites is 1. The fourth-order valence-electron chi connectivity index (χ4n) is 10.5. The molecule has 10 aromatic rings. The van der Waals surface area contributed by atoms with Gasteiger partial charge in [0.1, 0.15) is 6.17 Å². The van der Waals surface area contributed by atoms with Crippen LogP contribution in [-0.4, -0.2) is 9.58 Å². The lowest BCUT2D eigenvalue weighted by molar-refractivity contribution is 0.165. The summed E-state index contributed by atoms with van der Waals surface area (Å²) in [5.74, 6) is 0. The molecule has 286 valence electrons. The first-order valence-electron chi connectivity index (χ1n) is 21.0. The summed E-state index contributed by atoms with van der Waals surface area (Å²) in [6, 6.07) is 80.2. The van der Waals surface area contributed by atoms with Crippen LogP contribution in [0.25, 0.3) is 49.4 Å². The summed E-state index contributed by atoms with van der Waals surface area (Å²) >= 11 is 0. The molecule has 1 saturated heterocycles. The Kier molecular flexibility index (Phi) is 8.17. The average molecular weight is 771 g/mol. The molecule has 4 nitrogen and oxygen atoms in total. The smallest absolute Gasteiger partial charge is 0.101 e. The lowest BCUT2D eigenvalue weighted by Crippen LogP contribution is -2.33. The molecule has 2 unspecified atom stereocenters. The quantitative estimate of drug-likeness (QED) is 0.169. The maximum Gasteiger partial charge on any atom is 0.101 e. The third kappa shape index (κ3) is 5.22. The van der Waals surface area contributed by atoms with E-state index in [1.807, 2.05) is 0 Å². The largest absolute Gasteiger partial charge is 0.309 e. The van der Waals surface area contributed by atoms with Crippen LogP contribution in [0.15, 0.2) is 218 Å². The number of hydrazine groups is 1. The van der Waals surface area contributed by atoms with E-state index in [-0.39, 0.29) is 12.3 Å². The molecule has 9 aromatic carbocycles. The van der Waals surface area contributed by atoms with E-state index in [4.69, 9.17) is 0 Å². The van der Waals surface area contributed by atoms with Crippen molar-refractivity contribution in [3.05, 3.63) is 257 Å². The van der Waals surface area contributed by atoms with E-state index in [1.54, 1.807) is 0 Å². The minimum Gasteiger partial charge on any atom is -0.309 e. The maximum atomic E-state index is 3.85. The van der Waals surface area contributed by atoms with E-state index in [1.165, 1.54) is 82.6 Å². The molecule has 0 amide bonds. The molecule has 1 aliphatic heterocycles. The Morgan fingerprint density at radius 2 is 1.03 bits per heavy atom. The molecule has 1 fully saturated rings. The second kappa shape index (κ2) is 14.0. The SMILES string of the molecule is c1ccc(C2NC(c3ccccc3)N(Cc3ccc(-n4c5ccccc5c5c6c(c7ccccc7c54)-c4ccccc4C6(c4ccccc4)c4ccccc4)cc3)N2)cc1. The molecule has 2 N–H and O–H groups in total. The van der Waals surface area contributed by atoms with Crippen LogP contribution >= 0.6 is 0 Å². The van der Waals surface area contributed by atoms with Crippen molar-refractivity contribution in [2.75, 3.05) is 0 Å². The van der Waals surface area contributed by atoms with E-state index >= 15 is 0 Å². The Morgan fingerprint density at radius 3 is 1.72 bits per heavy atom. The van der Waals surface area contributed by atoms with Crippen molar-refractivity contribution in [3.63, 3.8) is 0 Å². The Labute approximate surface area is 350 Å². The number of hydrogen-bond acceptors (Lipinski definition) is 3. The molecule has 2 atom stereocenters. The molecule has 0 radical (unpaired) electrons. The number of aromatic nitrogens is 1. The van der Waals surface area contributed by atoms with Crippen molar-refractivity contribution in [1.82, 2.24) is 20.3 Å². The minimum absolute atomic E-state index is 0.00771. The number of hydrogen-bond donors (Lipinski definition) is 2. The summed E-state index contributed by atoms with van der Waals surface area (Å²) in [6.45, 7) is 0.731. The summed E-state index contributed by atoms with van der Waals surface area (Å²) in [5.41, 5.74) is 18.4. The van der Waals surface area contributed by atoms with E-state index < -0.39 is 5.41 Å². The fraction of sp³-hybridized carbons (Fsp3) is 0.0714. The summed E-state index contributed by atoms with van der Waals surface area (Å²) in [7, 11) is 0. The molecule has 0 saturated carbocycles. The Bertz CT molecular complexity index is 3140. The molecule has 12 rings (SSSR count). The lowest BCUT2D eigenvalue weighted by atomic mass is 9.66. The van der Waals surface area contributed by atoms with E-state index in [2.05, 4.69) is 239 Å². The summed E-state index contributed by atoms with van der Waals surface area (Å²) < 4.78 is 2.52. The van der Waals surface area contributed by atoms with Gasteiger partial charge in [-0.3, -0.25) is 5.32 Å². The Hall–Kier alpha value is -7.08. The van der Waals surface area contributed by atoms with Crippen molar-refractivity contribution < 1.29 is 0 Å². The summed E-state index contributed by atoms with van der Waals surface area (Å²) in [4.78, 5) is 0. The van der Waals surface area contributed by atoms with Crippen LogP contribution in [0.4, 0.5) is 0 Å². The van der Waals surface area contributed by atoms with Crippen molar-refractivity contribution >= 4 is 32.6 Å². The average Bonchev–Trinajstić information content (AvgIpc) is 4.00. The molecule has 2 aliphatic rings. The second-order valence-corrected chi connectivity index (χ2v) is 16.1. The van der Waals surface area contributed by atoms with E-state index in [0.717, 1.165) is 12.2 Å². The highest BCUT2D eigenvalue weighted by Crippen LogP contribution is 2.61. The molecule has 60 heavy (non-hydrogen) atoms. The van der Waals surface area contributed by atoms with Gasteiger partial charge in [-0.25, -0.2) is 10.4 Å². The van der Waals surface area contributed by atoms with Crippen molar-refractivity contribution in [1.29, 1.82) is 0 Å². The maximum absolute atomic E-state index is 3.85. The van der Waals surface area contributed by atoms with Gasteiger partial charge in [-0.2, -0.15) is 0 Å². The van der Waals surface area contributed by atoms with Crippen LogP contribution < -0.4 is 10.7 Å². The number of fused-ring (bicyclic) bond motifs is 10. The molecule has 4 heteroatoms. The fourth-order valence-corrected chi connectivity index (χ4v) is 10.5. The van der Waals surface area contributed by atoms with Crippen LogP contribution in [0.1, 0.15) is 51.3 Å². The van der Waals surface area contributed by atoms with Crippen molar-refractivity contribution in [3.8, 4) is 16.8 Å². The van der Waals surface area contributed by atoms with E-state index in [9.17, 15) is 0 Å². The molecule has 0 bridgehead atoms. The number of benzene rings is 9. The standard InChI is InChI=1S/C56H42N4/c1-5-19-39(20-6-1)54-57-55(40-21-7-2-8-22-40)59(58-54)37-38-33-35-43(36-34-38)60-49-32-18-16-30-47(49)51-52-50(44-27-13-14-28-45(44)53(51)60)46-29-15-17-31-48(46)56(52,41-23-9-3-10-24-41)42-25-11-4-12-26-42/h1-36,54-55,57-58H,37H2. The van der Waals surface area contributed by atoms with Crippen LogP contribution in [0.2, 0.25) is 0 Å². The summed E-state index contributed by atoms with van der Waals surface area (Å²) in [6.07, 6.45) is 0.0221. The zero-order valence-corrected chi connectivity index (χ0v) is 33.0. The van der Waals surface area contributed by atoms with Gasteiger partial charge in [0.25, 0.3) is 0 Å². The van der Waals surface area contributed by atoms with Gasteiger partial charge in [0, 0.05) is 28.4 Å². The number of nitrogens with zero attached hydrogens (tertiary/aromatic N) is 2. The Morgan fingerprint density at radius 1 is 0.483 bits per heavy atom. The zero-order valence-electron chi connectivity index (χ0n) is 33.0. The van der Waals surface area contributed by atoms with Crippen molar-refractivity contribution in [2.45, 2.75) is 24.3 Å². The molecular weight excluding hydrogens is 729 g/mol. The van der Waals surface area contributed by atoms with E-state index in [0.29, 0.717) is 0 Å². The summed E-state index contributed by atoms with van der Waals surface area (Å²) in [5, 5.41) is 11.3. The third-order valence-electron chi connectivity index (χ3n) is 12.9. The second-order valence-electron chi connectivity index (χ2n) is 16.1. The van der Waals surface area contributed by atoms with Crippen LogP contribution in [0.5, 0.6) is 0 Å². The van der Waals surface area contributed by atoms with Gasteiger partial charge in [0.05, 0.1) is 22.6 Å². The van der Waals surface area contributed by atoms with Crippen LogP contribution in [0.3, 0.4) is 0 Å². The predicted octanol–water partition coefficient (Wildman–Crippen LogP) is 12.6. The lowest BCUT2D eigenvalue weighted by Gasteiger charge is -2.34. The minimum atomic E-state index is -0.542. The highest BCUT2D eigenvalue weighted by atomic mass is 15.6. The van der Waals surface area contributed by atoms with Gasteiger partial charge in [0.15, 0.2) is 0 Å². The normalized spacial score (nSPS) is 17.0. The van der Waals surface area contributed by atoms with Gasteiger partial charge in [-0.1, -0.05) is 200 Å². The van der Waals surface area contributed by atoms with Crippen LogP contribution in [0, 0.1) is 0 Å². The third-order valence-corrected chi connectivity index (χ3v) is 12.9. The first-order chi connectivity index (χ1) is 29.8. The van der Waals surface area contributed by atoms with Gasteiger partial charge in [0.2, 0.25) is 0 Å². The molecule has 1 aromatic heterocycles. The number of nitrogens with one attached hydrogen (secondary N) is 2.